The van der Waals surface area contributed by atoms with Crippen molar-refractivity contribution >= 4 is 0 Å². The Kier molecular flexibility index (Phi) is 3.79. The van der Waals surface area contributed by atoms with Gasteiger partial charge in [-0.25, -0.2) is 0 Å². The average Bonchev–Trinajstić information content (AvgIpc) is 2.99. The third-order valence-corrected chi connectivity index (χ3v) is 3.08. The zero-order valence-corrected chi connectivity index (χ0v) is 8.65. The Hall–Kier alpha value is -0.120. The van der Waals surface area contributed by atoms with Crippen LogP contribution >= 0.6 is 0 Å². The molecule has 0 atom stereocenters. The number of rotatable bonds is 5. The highest BCUT2D eigenvalue weighted by Crippen LogP contribution is 2.29. The van der Waals surface area contributed by atoms with E-state index in [2.05, 4.69) is 0 Å². The minimum Gasteiger partial charge on any atom is -0.393 e. The van der Waals surface area contributed by atoms with Gasteiger partial charge >= 0.3 is 0 Å². The fourth-order valence-corrected chi connectivity index (χ4v) is 1.86. The van der Waals surface area contributed by atoms with Gasteiger partial charge in [-0.05, 0) is 44.4 Å². The van der Waals surface area contributed by atoms with Crippen LogP contribution in [0.3, 0.4) is 0 Å². The summed E-state index contributed by atoms with van der Waals surface area (Å²) in [4.78, 5) is 0. The van der Waals surface area contributed by atoms with E-state index in [1.54, 1.807) is 0 Å². The lowest BCUT2D eigenvalue weighted by Crippen LogP contribution is -2.25. The Labute approximate surface area is 85.4 Å². The molecule has 0 heterocycles. The highest BCUT2D eigenvalue weighted by molar-refractivity contribution is 4.72. The molecule has 2 rings (SSSR count). The molecule has 2 aliphatic rings. The highest BCUT2D eigenvalue weighted by Gasteiger charge is 2.22. The van der Waals surface area contributed by atoms with E-state index >= 15 is 0 Å². The Morgan fingerprint density at radius 1 is 1.00 bits per heavy atom. The molecule has 2 fully saturated rings. The van der Waals surface area contributed by atoms with Crippen molar-refractivity contribution < 1.29 is 14.6 Å². The minimum atomic E-state index is -0.0952. The molecule has 0 aromatic carbocycles. The largest absolute Gasteiger partial charge is 0.393 e. The van der Waals surface area contributed by atoms with Crippen molar-refractivity contribution in [2.45, 2.75) is 50.7 Å². The maximum Gasteiger partial charge on any atom is 0.147 e. The van der Waals surface area contributed by atoms with Gasteiger partial charge in [0.15, 0.2) is 0 Å². The molecule has 0 amide bonds. The standard InChI is InChI=1S/C11H20O3/c12-10-3-5-11(6-4-10)14-8-13-7-9-1-2-9/h9-12H,1-8H2. The van der Waals surface area contributed by atoms with Gasteiger partial charge in [-0.15, -0.1) is 0 Å². The smallest absolute Gasteiger partial charge is 0.147 e. The molecule has 0 spiro atoms. The van der Waals surface area contributed by atoms with Crippen LogP contribution in [-0.2, 0) is 9.47 Å². The molecule has 3 heteroatoms. The zero-order chi connectivity index (χ0) is 9.80. The summed E-state index contributed by atoms with van der Waals surface area (Å²) in [5.74, 6) is 0.812. The molecular weight excluding hydrogens is 180 g/mol. The summed E-state index contributed by atoms with van der Waals surface area (Å²) in [5, 5.41) is 9.29. The van der Waals surface area contributed by atoms with Gasteiger partial charge in [0, 0.05) is 0 Å². The molecule has 2 aliphatic carbocycles. The highest BCUT2D eigenvalue weighted by atomic mass is 16.7. The number of ether oxygens (including phenoxy) is 2. The van der Waals surface area contributed by atoms with E-state index in [4.69, 9.17) is 9.47 Å². The molecule has 1 N–H and O–H groups in total. The van der Waals surface area contributed by atoms with Gasteiger partial charge in [-0.1, -0.05) is 0 Å². The summed E-state index contributed by atoms with van der Waals surface area (Å²) in [7, 11) is 0. The van der Waals surface area contributed by atoms with Gasteiger partial charge < -0.3 is 14.6 Å². The van der Waals surface area contributed by atoms with Crippen LogP contribution in [0.25, 0.3) is 0 Å². The molecule has 0 bridgehead atoms. The molecule has 0 radical (unpaired) electrons. The summed E-state index contributed by atoms with van der Waals surface area (Å²) in [6.45, 7) is 1.31. The van der Waals surface area contributed by atoms with E-state index in [0.29, 0.717) is 12.9 Å². The van der Waals surface area contributed by atoms with Crippen LogP contribution in [0, 0.1) is 5.92 Å². The fourth-order valence-electron chi connectivity index (χ4n) is 1.86. The van der Waals surface area contributed by atoms with Gasteiger partial charge in [0.1, 0.15) is 6.79 Å². The molecule has 0 aliphatic heterocycles. The summed E-state index contributed by atoms with van der Waals surface area (Å²) >= 11 is 0. The van der Waals surface area contributed by atoms with Crippen molar-refractivity contribution in [3.63, 3.8) is 0 Å². The quantitative estimate of drug-likeness (QED) is 0.542. The Balaban J connectivity index is 1.47. The van der Waals surface area contributed by atoms with Crippen LogP contribution in [0.2, 0.25) is 0 Å². The predicted octanol–water partition coefficient (Wildman–Crippen LogP) is 1.69. The van der Waals surface area contributed by atoms with Crippen LogP contribution in [0.1, 0.15) is 38.5 Å². The molecule has 82 valence electrons. The van der Waals surface area contributed by atoms with E-state index in [-0.39, 0.29) is 6.10 Å². The van der Waals surface area contributed by atoms with Crippen molar-refractivity contribution in [1.82, 2.24) is 0 Å². The van der Waals surface area contributed by atoms with Crippen molar-refractivity contribution in [3.8, 4) is 0 Å². The first kappa shape index (κ1) is 10.4. The van der Waals surface area contributed by atoms with Gasteiger partial charge in [0.05, 0.1) is 18.8 Å². The summed E-state index contributed by atoms with van der Waals surface area (Å²) < 4.78 is 11.0. The molecular formula is C11H20O3. The second kappa shape index (κ2) is 5.10. The van der Waals surface area contributed by atoms with E-state index in [1.807, 2.05) is 0 Å². The predicted molar refractivity (Wildman–Crippen MR) is 52.9 cm³/mol. The third-order valence-electron chi connectivity index (χ3n) is 3.08. The number of aliphatic hydroxyl groups is 1. The monoisotopic (exact) mass is 200 g/mol. The molecule has 0 aromatic rings. The van der Waals surface area contributed by atoms with Gasteiger partial charge in [-0.2, -0.15) is 0 Å². The Morgan fingerprint density at radius 2 is 1.71 bits per heavy atom. The second-order valence-electron chi connectivity index (χ2n) is 4.53. The summed E-state index contributed by atoms with van der Waals surface area (Å²) in [5.41, 5.74) is 0. The average molecular weight is 200 g/mol. The van der Waals surface area contributed by atoms with Crippen molar-refractivity contribution in [1.29, 1.82) is 0 Å². The molecule has 3 nitrogen and oxygen atoms in total. The number of aliphatic hydroxyl groups excluding tert-OH is 1. The SMILES string of the molecule is OC1CCC(OCOCC2CC2)CC1. The lowest BCUT2D eigenvalue weighted by molar-refractivity contribution is -0.108. The van der Waals surface area contributed by atoms with Gasteiger partial charge in [0.25, 0.3) is 0 Å². The van der Waals surface area contributed by atoms with Gasteiger partial charge in [0.2, 0.25) is 0 Å². The maximum absolute atomic E-state index is 9.29. The van der Waals surface area contributed by atoms with Crippen molar-refractivity contribution in [2.24, 2.45) is 5.92 Å². The molecule has 14 heavy (non-hydrogen) atoms. The van der Waals surface area contributed by atoms with Crippen molar-refractivity contribution in [2.75, 3.05) is 13.4 Å². The molecule has 0 saturated heterocycles. The summed E-state index contributed by atoms with van der Waals surface area (Å²) in [6, 6.07) is 0. The normalized spacial score (nSPS) is 33.2. The number of hydrogen-bond donors (Lipinski definition) is 1. The maximum atomic E-state index is 9.29. The minimum absolute atomic E-state index is 0.0952. The van der Waals surface area contributed by atoms with Crippen LogP contribution in [0.5, 0.6) is 0 Å². The Morgan fingerprint density at radius 3 is 2.36 bits per heavy atom. The van der Waals surface area contributed by atoms with Crippen LogP contribution < -0.4 is 0 Å². The van der Waals surface area contributed by atoms with E-state index in [0.717, 1.165) is 38.2 Å². The second-order valence-corrected chi connectivity index (χ2v) is 4.53. The fraction of sp³-hybridized carbons (Fsp3) is 1.00. The van der Waals surface area contributed by atoms with E-state index in [1.165, 1.54) is 12.8 Å². The Bertz CT molecular complexity index is 160. The van der Waals surface area contributed by atoms with E-state index < -0.39 is 0 Å². The lowest BCUT2D eigenvalue weighted by atomic mass is 9.95. The van der Waals surface area contributed by atoms with Crippen LogP contribution in [0.4, 0.5) is 0 Å². The lowest BCUT2D eigenvalue weighted by Gasteiger charge is -2.25. The van der Waals surface area contributed by atoms with E-state index in [9.17, 15) is 5.11 Å². The van der Waals surface area contributed by atoms with Crippen LogP contribution in [0.15, 0.2) is 0 Å². The first-order chi connectivity index (χ1) is 6.84. The summed E-state index contributed by atoms with van der Waals surface area (Å²) in [6.07, 6.45) is 6.60. The molecule has 0 aromatic heterocycles. The van der Waals surface area contributed by atoms with Crippen molar-refractivity contribution in [3.05, 3.63) is 0 Å². The first-order valence-corrected chi connectivity index (χ1v) is 5.72. The van der Waals surface area contributed by atoms with Crippen LogP contribution in [-0.4, -0.2) is 30.7 Å². The topological polar surface area (TPSA) is 38.7 Å². The third kappa shape index (κ3) is 3.56. The zero-order valence-electron chi connectivity index (χ0n) is 8.65. The number of hydrogen-bond acceptors (Lipinski definition) is 3. The first-order valence-electron chi connectivity index (χ1n) is 5.72. The van der Waals surface area contributed by atoms with Gasteiger partial charge in [-0.3, -0.25) is 0 Å². The molecule has 2 saturated carbocycles. The molecule has 0 unspecified atom stereocenters.